The van der Waals surface area contributed by atoms with E-state index in [0.29, 0.717) is 0 Å². The van der Waals surface area contributed by atoms with Crippen LogP contribution in [0.15, 0.2) is 0 Å². The zero-order valence-electron chi connectivity index (χ0n) is 10.1. The van der Waals surface area contributed by atoms with Crippen LogP contribution in [0.1, 0.15) is 51.9 Å². The Kier molecular flexibility index (Phi) is 4.04. The molecule has 0 radical (unpaired) electrons. The first-order chi connectivity index (χ1) is 7.29. The highest BCUT2D eigenvalue weighted by Crippen LogP contribution is 2.29. The van der Waals surface area contributed by atoms with Gasteiger partial charge in [-0.05, 0) is 25.7 Å². The second-order valence-electron chi connectivity index (χ2n) is 5.58. The summed E-state index contributed by atoms with van der Waals surface area (Å²) in [4.78, 5) is 0. The van der Waals surface area contributed by atoms with Crippen LogP contribution in [-0.2, 0) is 4.74 Å². The minimum atomic E-state index is 0.260. The highest BCUT2D eigenvalue weighted by molar-refractivity contribution is 4.86. The highest BCUT2D eigenvalue weighted by Gasteiger charge is 2.27. The average molecular weight is 211 g/mol. The smallest absolute Gasteiger partial charge is 0.0646 e. The molecule has 1 aliphatic carbocycles. The van der Waals surface area contributed by atoms with Gasteiger partial charge in [-0.2, -0.15) is 0 Å². The van der Waals surface area contributed by atoms with Crippen molar-refractivity contribution in [2.24, 2.45) is 5.92 Å². The maximum absolute atomic E-state index is 5.56. The van der Waals surface area contributed by atoms with Crippen LogP contribution in [0.5, 0.6) is 0 Å². The van der Waals surface area contributed by atoms with Crippen LogP contribution in [-0.4, -0.2) is 25.3 Å². The number of hydrogen-bond acceptors (Lipinski definition) is 2. The Morgan fingerprint density at radius 3 is 2.73 bits per heavy atom. The minimum Gasteiger partial charge on any atom is -0.378 e. The van der Waals surface area contributed by atoms with Gasteiger partial charge in [-0.25, -0.2) is 0 Å². The molecular weight excluding hydrogens is 186 g/mol. The molecule has 0 spiro atoms. The number of ether oxygens (including phenoxy) is 1. The van der Waals surface area contributed by atoms with E-state index < -0.39 is 0 Å². The highest BCUT2D eigenvalue weighted by atomic mass is 16.5. The van der Waals surface area contributed by atoms with E-state index in [1.807, 2.05) is 0 Å². The molecule has 1 heterocycles. The van der Waals surface area contributed by atoms with Crippen LogP contribution in [0.4, 0.5) is 0 Å². The van der Waals surface area contributed by atoms with Crippen molar-refractivity contribution in [1.29, 1.82) is 0 Å². The number of rotatable bonds is 3. The van der Waals surface area contributed by atoms with Crippen LogP contribution < -0.4 is 5.32 Å². The standard InChI is InChI=1S/C13H25NO/c1-13(11-15-10-9-14-13)8-7-12-5-3-2-4-6-12/h12,14H,2-11H2,1H3. The van der Waals surface area contributed by atoms with Crippen LogP contribution in [0, 0.1) is 5.92 Å². The van der Waals surface area contributed by atoms with E-state index in [1.54, 1.807) is 0 Å². The first-order valence-corrected chi connectivity index (χ1v) is 6.61. The molecule has 2 aliphatic rings. The molecule has 1 N–H and O–H groups in total. The van der Waals surface area contributed by atoms with Crippen LogP contribution in [0.2, 0.25) is 0 Å². The third-order valence-electron chi connectivity index (χ3n) is 4.05. The summed E-state index contributed by atoms with van der Waals surface area (Å²) in [6, 6.07) is 0. The molecular formula is C13H25NO. The van der Waals surface area contributed by atoms with Gasteiger partial charge in [0.25, 0.3) is 0 Å². The first kappa shape index (κ1) is 11.4. The van der Waals surface area contributed by atoms with Crippen molar-refractivity contribution in [3.63, 3.8) is 0 Å². The molecule has 15 heavy (non-hydrogen) atoms. The molecule has 2 rings (SSSR count). The fraction of sp³-hybridized carbons (Fsp3) is 1.00. The van der Waals surface area contributed by atoms with Crippen LogP contribution in [0.25, 0.3) is 0 Å². The molecule has 0 aromatic carbocycles. The molecule has 1 saturated carbocycles. The Bertz CT molecular complexity index is 181. The van der Waals surface area contributed by atoms with Gasteiger partial charge in [0.05, 0.1) is 13.2 Å². The molecule has 2 nitrogen and oxygen atoms in total. The normalized spacial score (nSPS) is 34.2. The van der Waals surface area contributed by atoms with Gasteiger partial charge in [0.1, 0.15) is 0 Å². The zero-order chi connectivity index (χ0) is 10.6. The quantitative estimate of drug-likeness (QED) is 0.775. The summed E-state index contributed by atoms with van der Waals surface area (Å²) in [5, 5.41) is 3.61. The topological polar surface area (TPSA) is 21.3 Å². The Hall–Kier alpha value is -0.0800. The fourth-order valence-electron chi connectivity index (χ4n) is 2.93. The fourth-order valence-corrected chi connectivity index (χ4v) is 2.93. The molecule has 1 saturated heterocycles. The summed E-state index contributed by atoms with van der Waals surface area (Å²) in [7, 11) is 0. The lowest BCUT2D eigenvalue weighted by Gasteiger charge is -2.36. The second kappa shape index (κ2) is 5.31. The lowest BCUT2D eigenvalue weighted by molar-refractivity contribution is 0.0280. The first-order valence-electron chi connectivity index (χ1n) is 6.61. The predicted molar refractivity (Wildman–Crippen MR) is 63.0 cm³/mol. The predicted octanol–water partition coefficient (Wildman–Crippen LogP) is 2.73. The number of morpholine rings is 1. The summed E-state index contributed by atoms with van der Waals surface area (Å²) in [5.74, 6) is 0.999. The molecule has 2 fully saturated rings. The van der Waals surface area contributed by atoms with Gasteiger partial charge in [-0.15, -0.1) is 0 Å². The van der Waals surface area contributed by atoms with Crippen molar-refractivity contribution in [3.05, 3.63) is 0 Å². The second-order valence-corrected chi connectivity index (χ2v) is 5.58. The Morgan fingerprint density at radius 2 is 2.07 bits per heavy atom. The molecule has 0 aromatic heterocycles. The van der Waals surface area contributed by atoms with Gasteiger partial charge >= 0.3 is 0 Å². The van der Waals surface area contributed by atoms with E-state index in [4.69, 9.17) is 4.74 Å². The van der Waals surface area contributed by atoms with E-state index in [2.05, 4.69) is 12.2 Å². The maximum atomic E-state index is 5.56. The molecule has 0 aromatic rings. The molecule has 2 heteroatoms. The van der Waals surface area contributed by atoms with Crippen molar-refractivity contribution in [2.45, 2.75) is 57.4 Å². The van der Waals surface area contributed by atoms with Gasteiger partial charge in [0, 0.05) is 12.1 Å². The van der Waals surface area contributed by atoms with Gasteiger partial charge in [0.2, 0.25) is 0 Å². The average Bonchev–Trinajstić information content (AvgIpc) is 2.29. The minimum absolute atomic E-state index is 0.260. The molecule has 1 atom stereocenters. The largest absolute Gasteiger partial charge is 0.378 e. The summed E-state index contributed by atoms with van der Waals surface area (Å²) < 4.78 is 5.56. The van der Waals surface area contributed by atoms with Crippen molar-refractivity contribution in [2.75, 3.05) is 19.8 Å². The third kappa shape index (κ3) is 3.46. The van der Waals surface area contributed by atoms with E-state index in [9.17, 15) is 0 Å². The molecule has 0 bridgehead atoms. The molecule has 88 valence electrons. The molecule has 1 aliphatic heterocycles. The van der Waals surface area contributed by atoms with Crippen molar-refractivity contribution < 1.29 is 4.74 Å². The number of hydrogen-bond donors (Lipinski definition) is 1. The lowest BCUT2D eigenvalue weighted by atomic mass is 9.82. The van der Waals surface area contributed by atoms with Gasteiger partial charge in [0.15, 0.2) is 0 Å². The summed E-state index contributed by atoms with van der Waals surface area (Å²) in [6.07, 6.45) is 10.0. The summed E-state index contributed by atoms with van der Waals surface area (Å²) >= 11 is 0. The van der Waals surface area contributed by atoms with Gasteiger partial charge < -0.3 is 10.1 Å². The van der Waals surface area contributed by atoms with E-state index in [-0.39, 0.29) is 5.54 Å². The Morgan fingerprint density at radius 1 is 1.27 bits per heavy atom. The van der Waals surface area contributed by atoms with Gasteiger partial charge in [-0.3, -0.25) is 0 Å². The summed E-state index contributed by atoms with van der Waals surface area (Å²) in [6.45, 7) is 5.13. The Balaban J connectivity index is 1.70. The zero-order valence-corrected chi connectivity index (χ0v) is 10.1. The molecule has 0 amide bonds. The maximum Gasteiger partial charge on any atom is 0.0646 e. The van der Waals surface area contributed by atoms with Crippen LogP contribution >= 0.6 is 0 Å². The van der Waals surface area contributed by atoms with E-state index in [1.165, 1.54) is 44.9 Å². The van der Waals surface area contributed by atoms with Crippen LogP contribution in [0.3, 0.4) is 0 Å². The number of nitrogens with one attached hydrogen (secondary N) is 1. The van der Waals surface area contributed by atoms with Crippen molar-refractivity contribution in [3.8, 4) is 0 Å². The summed E-state index contributed by atoms with van der Waals surface area (Å²) in [5.41, 5.74) is 0.260. The van der Waals surface area contributed by atoms with Crippen molar-refractivity contribution >= 4 is 0 Å². The monoisotopic (exact) mass is 211 g/mol. The molecule has 1 unspecified atom stereocenters. The van der Waals surface area contributed by atoms with Crippen molar-refractivity contribution in [1.82, 2.24) is 5.32 Å². The Labute approximate surface area is 93.8 Å². The van der Waals surface area contributed by atoms with E-state index >= 15 is 0 Å². The van der Waals surface area contributed by atoms with E-state index in [0.717, 1.165) is 25.7 Å². The third-order valence-corrected chi connectivity index (χ3v) is 4.05. The SMILES string of the molecule is CC1(CCC2CCCCC2)COCCN1. The van der Waals surface area contributed by atoms with Gasteiger partial charge in [-0.1, -0.05) is 32.1 Å². The lowest BCUT2D eigenvalue weighted by Crippen LogP contribution is -2.52.